The van der Waals surface area contributed by atoms with Crippen molar-refractivity contribution in [2.45, 2.75) is 59.0 Å². The van der Waals surface area contributed by atoms with E-state index in [2.05, 4.69) is 20.8 Å². The smallest absolute Gasteiger partial charge is 0.138 e. The van der Waals surface area contributed by atoms with Crippen LogP contribution in [0, 0.1) is 11.8 Å². The molecule has 88 valence electrons. The Morgan fingerprint density at radius 3 is 2.53 bits per heavy atom. The Labute approximate surface area is 93.4 Å². The maximum atomic E-state index is 12.1. The highest BCUT2D eigenvalue weighted by atomic mass is 16.5. The fourth-order valence-electron chi connectivity index (χ4n) is 2.43. The molecular formula is C13H24O2. The van der Waals surface area contributed by atoms with Gasteiger partial charge in [0, 0.05) is 18.9 Å². The molecular weight excluding hydrogens is 188 g/mol. The maximum absolute atomic E-state index is 12.1. The van der Waals surface area contributed by atoms with Crippen molar-refractivity contribution in [2.24, 2.45) is 11.8 Å². The third-order valence-corrected chi connectivity index (χ3v) is 3.67. The van der Waals surface area contributed by atoms with Crippen LogP contribution in [0.25, 0.3) is 0 Å². The molecule has 1 aliphatic rings. The maximum Gasteiger partial charge on any atom is 0.138 e. The van der Waals surface area contributed by atoms with E-state index in [0.29, 0.717) is 11.7 Å². The number of Topliss-reactive ketones (excluding diaryl/α,β-unsaturated/α-hetero) is 1. The predicted octanol–water partition coefficient (Wildman–Crippen LogP) is 3.20. The van der Waals surface area contributed by atoms with Crippen LogP contribution < -0.4 is 0 Å². The van der Waals surface area contributed by atoms with Crippen molar-refractivity contribution in [3.8, 4) is 0 Å². The lowest BCUT2D eigenvalue weighted by Gasteiger charge is -2.18. The number of ether oxygens (including phenoxy) is 1. The van der Waals surface area contributed by atoms with Gasteiger partial charge in [0.25, 0.3) is 0 Å². The third-order valence-electron chi connectivity index (χ3n) is 3.67. The Morgan fingerprint density at radius 2 is 2.00 bits per heavy atom. The lowest BCUT2D eigenvalue weighted by molar-refractivity contribution is -0.125. The van der Waals surface area contributed by atoms with Gasteiger partial charge >= 0.3 is 0 Å². The summed E-state index contributed by atoms with van der Waals surface area (Å²) in [5, 5.41) is 0. The van der Waals surface area contributed by atoms with Gasteiger partial charge in [0.1, 0.15) is 5.78 Å². The van der Waals surface area contributed by atoms with Crippen LogP contribution in [-0.4, -0.2) is 18.5 Å². The fraction of sp³-hybridized carbons (Fsp3) is 0.923. The van der Waals surface area contributed by atoms with Crippen molar-refractivity contribution in [3.63, 3.8) is 0 Å². The number of hydrogen-bond acceptors (Lipinski definition) is 2. The van der Waals surface area contributed by atoms with Crippen molar-refractivity contribution in [1.29, 1.82) is 0 Å². The van der Waals surface area contributed by atoms with Gasteiger partial charge in [-0.1, -0.05) is 33.6 Å². The highest BCUT2D eigenvalue weighted by Gasteiger charge is 2.32. The van der Waals surface area contributed by atoms with E-state index in [1.807, 2.05) is 0 Å². The van der Waals surface area contributed by atoms with Gasteiger partial charge < -0.3 is 4.74 Å². The van der Waals surface area contributed by atoms with Crippen LogP contribution in [0.15, 0.2) is 0 Å². The first kappa shape index (κ1) is 12.7. The summed E-state index contributed by atoms with van der Waals surface area (Å²) in [5.41, 5.74) is 0. The second kappa shape index (κ2) is 6.26. The molecule has 2 atom stereocenters. The highest BCUT2D eigenvalue weighted by Crippen LogP contribution is 2.27. The first-order valence-corrected chi connectivity index (χ1v) is 6.37. The Kier molecular flexibility index (Phi) is 5.30. The lowest BCUT2D eigenvalue weighted by Crippen LogP contribution is -2.25. The number of ketones is 1. The molecule has 1 rings (SSSR count). The number of hydrogen-bond donors (Lipinski definition) is 0. The summed E-state index contributed by atoms with van der Waals surface area (Å²) < 4.78 is 5.56. The number of carbonyl (C=O) groups excluding carboxylic acids is 1. The van der Waals surface area contributed by atoms with E-state index in [4.69, 9.17) is 4.74 Å². The zero-order valence-electron chi connectivity index (χ0n) is 10.3. The van der Waals surface area contributed by atoms with Crippen molar-refractivity contribution < 1.29 is 9.53 Å². The molecule has 2 unspecified atom stereocenters. The molecule has 2 heteroatoms. The van der Waals surface area contributed by atoms with Gasteiger partial charge in [-0.2, -0.15) is 0 Å². The SMILES string of the molecule is CCC(CC)CC(=O)C1CCOC1CC. The van der Waals surface area contributed by atoms with Gasteiger partial charge in [0.2, 0.25) is 0 Å². The van der Waals surface area contributed by atoms with Crippen LogP contribution in [0.3, 0.4) is 0 Å². The standard InChI is InChI=1S/C13H24O2/c1-4-10(5-2)9-12(14)11-7-8-15-13(11)6-3/h10-11,13H,4-9H2,1-3H3. The molecule has 0 aromatic rings. The van der Waals surface area contributed by atoms with Gasteiger partial charge in [-0.25, -0.2) is 0 Å². The molecule has 15 heavy (non-hydrogen) atoms. The molecule has 1 aliphatic heterocycles. The topological polar surface area (TPSA) is 26.3 Å². The van der Waals surface area contributed by atoms with Crippen LogP contribution in [0.2, 0.25) is 0 Å². The Morgan fingerprint density at radius 1 is 1.33 bits per heavy atom. The van der Waals surface area contributed by atoms with E-state index in [1.165, 1.54) is 0 Å². The van der Waals surface area contributed by atoms with Gasteiger partial charge in [0.15, 0.2) is 0 Å². The van der Waals surface area contributed by atoms with Crippen LogP contribution in [0.4, 0.5) is 0 Å². The summed E-state index contributed by atoms with van der Waals surface area (Å²) in [4.78, 5) is 12.1. The molecule has 0 aliphatic carbocycles. The second-order valence-corrected chi connectivity index (χ2v) is 4.57. The third kappa shape index (κ3) is 3.30. The molecule has 0 aromatic carbocycles. The van der Waals surface area contributed by atoms with E-state index < -0.39 is 0 Å². The molecule has 1 heterocycles. The van der Waals surface area contributed by atoms with E-state index in [0.717, 1.165) is 38.7 Å². The molecule has 1 fully saturated rings. The van der Waals surface area contributed by atoms with Gasteiger partial charge in [-0.3, -0.25) is 4.79 Å². The lowest BCUT2D eigenvalue weighted by atomic mass is 9.87. The summed E-state index contributed by atoms with van der Waals surface area (Å²) in [6, 6.07) is 0. The van der Waals surface area contributed by atoms with E-state index in [9.17, 15) is 4.79 Å². The van der Waals surface area contributed by atoms with Crippen LogP contribution in [-0.2, 0) is 9.53 Å². The van der Waals surface area contributed by atoms with Crippen LogP contribution >= 0.6 is 0 Å². The van der Waals surface area contributed by atoms with Crippen LogP contribution in [0.5, 0.6) is 0 Å². The minimum atomic E-state index is 0.190. The quantitative estimate of drug-likeness (QED) is 0.676. The average molecular weight is 212 g/mol. The van der Waals surface area contributed by atoms with Gasteiger partial charge in [-0.15, -0.1) is 0 Å². The zero-order valence-corrected chi connectivity index (χ0v) is 10.3. The number of carbonyl (C=O) groups is 1. The summed E-state index contributed by atoms with van der Waals surface area (Å²) in [6.45, 7) is 7.22. The predicted molar refractivity (Wildman–Crippen MR) is 61.8 cm³/mol. The second-order valence-electron chi connectivity index (χ2n) is 4.57. The van der Waals surface area contributed by atoms with Crippen molar-refractivity contribution >= 4 is 5.78 Å². The summed E-state index contributed by atoms with van der Waals surface area (Å²) in [6.07, 6.45) is 5.11. The first-order chi connectivity index (χ1) is 7.22. The molecule has 0 amide bonds. The van der Waals surface area contributed by atoms with Gasteiger partial charge in [0.05, 0.1) is 6.10 Å². The summed E-state index contributed by atoms with van der Waals surface area (Å²) >= 11 is 0. The number of rotatable bonds is 6. The van der Waals surface area contributed by atoms with E-state index in [1.54, 1.807) is 0 Å². The van der Waals surface area contributed by atoms with Gasteiger partial charge in [-0.05, 0) is 18.8 Å². The largest absolute Gasteiger partial charge is 0.377 e. The minimum absolute atomic E-state index is 0.190. The molecule has 0 aromatic heterocycles. The Balaban J connectivity index is 2.45. The monoisotopic (exact) mass is 212 g/mol. The summed E-state index contributed by atoms with van der Waals surface area (Å²) in [5.74, 6) is 1.21. The normalized spacial score (nSPS) is 26.1. The molecule has 0 bridgehead atoms. The molecule has 2 nitrogen and oxygen atoms in total. The van der Waals surface area contributed by atoms with Crippen molar-refractivity contribution in [3.05, 3.63) is 0 Å². The average Bonchev–Trinajstić information content (AvgIpc) is 2.73. The van der Waals surface area contributed by atoms with E-state index in [-0.39, 0.29) is 12.0 Å². The van der Waals surface area contributed by atoms with Crippen LogP contribution in [0.1, 0.15) is 52.9 Å². The van der Waals surface area contributed by atoms with E-state index >= 15 is 0 Å². The van der Waals surface area contributed by atoms with Crippen molar-refractivity contribution in [1.82, 2.24) is 0 Å². The molecule has 0 radical (unpaired) electrons. The molecule has 0 N–H and O–H groups in total. The molecule has 1 saturated heterocycles. The molecule has 0 spiro atoms. The Hall–Kier alpha value is -0.370. The zero-order chi connectivity index (χ0) is 11.3. The minimum Gasteiger partial charge on any atom is -0.377 e. The molecule has 0 saturated carbocycles. The Bertz CT molecular complexity index is 197. The first-order valence-electron chi connectivity index (χ1n) is 6.37. The summed E-state index contributed by atoms with van der Waals surface area (Å²) in [7, 11) is 0. The highest BCUT2D eigenvalue weighted by molar-refractivity contribution is 5.82. The fourth-order valence-corrected chi connectivity index (χ4v) is 2.43. The van der Waals surface area contributed by atoms with Crippen molar-refractivity contribution in [2.75, 3.05) is 6.61 Å².